The fraction of sp³-hybridized carbons (Fsp3) is 0.684. The maximum absolute atomic E-state index is 11.5. The molecule has 2 aliphatic rings. The predicted octanol–water partition coefficient (Wildman–Crippen LogP) is 4.36. The second-order valence-electron chi connectivity index (χ2n) is 8.13. The Morgan fingerprint density at radius 3 is 2.09 bits per heavy atom. The summed E-state index contributed by atoms with van der Waals surface area (Å²) in [6.07, 6.45) is 6.66. The van der Waals surface area contributed by atoms with E-state index >= 15 is 0 Å². The monoisotopic (exact) mass is 335 g/mol. The van der Waals surface area contributed by atoms with Gasteiger partial charge in [-0.25, -0.2) is 8.42 Å². The van der Waals surface area contributed by atoms with Gasteiger partial charge in [0.05, 0.1) is 11.5 Å². The molecule has 128 valence electrons. The van der Waals surface area contributed by atoms with Crippen LogP contribution in [0.2, 0.25) is 0 Å². The van der Waals surface area contributed by atoms with Crippen molar-refractivity contribution in [2.24, 2.45) is 5.41 Å². The molecule has 0 amide bonds. The van der Waals surface area contributed by atoms with Crippen LogP contribution in [0.1, 0.15) is 63.9 Å². The molecule has 1 aromatic rings. The maximum Gasteiger partial charge on any atom is 0.150 e. The Morgan fingerprint density at radius 1 is 0.957 bits per heavy atom. The highest BCUT2D eigenvalue weighted by Gasteiger charge is 2.27. The van der Waals surface area contributed by atoms with Gasteiger partial charge in [-0.3, -0.25) is 0 Å². The van der Waals surface area contributed by atoms with Gasteiger partial charge in [0.2, 0.25) is 0 Å². The molecule has 1 aliphatic heterocycles. The van der Waals surface area contributed by atoms with E-state index in [1.165, 1.54) is 31.2 Å². The minimum atomic E-state index is -2.78. The normalized spacial score (nSPS) is 25.1. The van der Waals surface area contributed by atoms with E-state index < -0.39 is 9.84 Å². The van der Waals surface area contributed by atoms with E-state index in [0.717, 1.165) is 18.5 Å². The van der Waals surface area contributed by atoms with Gasteiger partial charge in [-0.2, -0.15) is 0 Å². The van der Waals surface area contributed by atoms with Gasteiger partial charge in [0, 0.05) is 11.7 Å². The number of nitrogens with one attached hydrogen (secondary N) is 1. The highest BCUT2D eigenvalue weighted by atomic mass is 32.2. The average Bonchev–Trinajstić information content (AvgIpc) is 2.50. The van der Waals surface area contributed by atoms with Crippen LogP contribution in [0.3, 0.4) is 0 Å². The third-order valence-electron chi connectivity index (χ3n) is 5.65. The smallest absolute Gasteiger partial charge is 0.150 e. The van der Waals surface area contributed by atoms with Gasteiger partial charge in [0.15, 0.2) is 0 Å². The Labute approximate surface area is 140 Å². The van der Waals surface area contributed by atoms with Crippen molar-refractivity contribution < 1.29 is 8.42 Å². The Hall–Kier alpha value is -1.03. The lowest BCUT2D eigenvalue weighted by molar-refractivity contribution is 0.224. The summed E-state index contributed by atoms with van der Waals surface area (Å²) in [5.41, 5.74) is 3.09. The molecule has 23 heavy (non-hydrogen) atoms. The van der Waals surface area contributed by atoms with Crippen LogP contribution < -0.4 is 5.32 Å². The molecule has 0 aromatic heterocycles. The number of sulfone groups is 1. The zero-order valence-corrected chi connectivity index (χ0v) is 15.2. The fourth-order valence-electron chi connectivity index (χ4n) is 3.85. The summed E-state index contributed by atoms with van der Waals surface area (Å²) in [4.78, 5) is 0. The van der Waals surface area contributed by atoms with E-state index in [1.807, 2.05) is 0 Å². The highest BCUT2D eigenvalue weighted by Crippen LogP contribution is 2.42. The van der Waals surface area contributed by atoms with Crippen molar-refractivity contribution >= 4 is 15.5 Å². The molecule has 0 spiro atoms. The first-order valence-corrected chi connectivity index (χ1v) is 10.7. The minimum absolute atomic E-state index is 0.292. The SMILES string of the molecule is CC1(C)CCC(c2ccc(NC3CCS(=O)(=O)CC3)cc2)CC1. The van der Waals surface area contributed by atoms with E-state index in [1.54, 1.807) is 0 Å². The van der Waals surface area contributed by atoms with Crippen LogP contribution in [-0.2, 0) is 9.84 Å². The number of rotatable bonds is 3. The van der Waals surface area contributed by atoms with Gasteiger partial charge >= 0.3 is 0 Å². The van der Waals surface area contributed by atoms with Gasteiger partial charge < -0.3 is 5.32 Å². The molecule has 1 heterocycles. The van der Waals surface area contributed by atoms with Crippen molar-refractivity contribution in [2.45, 2.75) is 64.3 Å². The van der Waals surface area contributed by atoms with Gasteiger partial charge in [-0.15, -0.1) is 0 Å². The van der Waals surface area contributed by atoms with Crippen molar-refractivity contribution in [2.75, 3.05) is 16.8 Å². The van der Waals surface area contributed by atoms with Crippen LogP contribution in [0.5, 0.6) is 0 Å². The summed E-state index contributed by atoms with van der Waals surface area (Å²) < 4.78 is 23.0. The third-order valence-corrected chi connectivity index (χ3v) is 7.36. The first kappa shape index (κ1) is 16.8. The molecule has 0 bridgehead atoms. The second kappa shape index (κ2) is 6.46. The predicted molar refractivity (Wildman–Crippen MR) is 96.7 cm³/mol. The molecule has 4 heteroatoms. The van der Waals surface area contributed by atoms with Crippen molar-refractivity contribution in [1.29, 1.82) is 0 Å². The lowest BCUT2D eigenvalue weighted by atomic mass is 9.71. The van der Waals surface area contributed by atoms with Crippen LogP contribution >= 0.6 is 0 Å². The van der Waals surface area contributed by atoms with Crippen LogP contribution in [-0.4, -0.2) is 26.0 Å². The Bertz CT molecular complexity index is 610. The van der Waals surface area contributed by atoms with Crippen LogP contribution in [0.15, 0.2) is 24.3 Å². The summed E-state index contributed by atoms with van der Waals surface area (Å²) in [5, 5.41) is 3.50. The van der Waals surface area contributed by atoms with E-state index in [-0.39, 0.29) is 0 Å². The number of anilines is 1. The standard InChI is InChI=1S/C19H29NO2S/c1-19(2)11-7-16(8-12-19)15-3-5-17(6-4-15)20-18-9-13-23(21,22)14-10-18/h3-6,16,18,20H,7-14H2,1-2H3. The number of hydrogen-bond acceptors (Lipinski definition) is 3. The molecule has 2 fully saturated rings. The second-order valence-corrected chi connectivity index (χ2v) is 10.4. The van der Waals surface area contributed by atoms with E-state index in [2.05, 4.69) is 43.4 Å². The summed E-state index contributed by atoms with van der Waals surface area (Å²) in [5.74, 6) is 1.35. The molecule has 1 aromatic carbocycles. The van der Waals surface area contributed by atoms with Crippen LogP contribution in [0.25, 0.3) is 0 Å². The molecule has 3 rings (SSSR count). The van der Waals surface area contributed by atoms with E-state index in [4.69, 9.17) is 0 Å². The van der Waals surface area contributed by atoms with Gasteiger partial charge in [0.1, 0.15) is 9.84 Å². The van der Waals surface area contributed by atoms with Crippen LogP contribution in [0.4, 0.5) is 5.69 Å². The van der Waals surface area contributed by atoms with Crippen molar-refractivity contribution in [1.82, 2.24) is 0 Å². The van der Waals surface area contributed by atoms with Gasteiger partial charge in [-0.05, 0) is 67.6 Å². The zero-order chi connectivity index (χ0) is 16.5. The molecule has 1 saturated heterocycles. The Morgan fingerprint density at radius 2 is 1.52 bits per heavy atom. The summed E-state index contributed by atoms with van der Waals surface area (Å²) in [6.45, 7) is 4.75. The average molecular weight is 336 g/mol. The molecule has 1 saturated carbocycles. The number of hydrogen-bond donors (Lipinski definition) is 1. The summed E-state index contributed by atoms with van der Waals surface area (Å²) >= 11 is 0. The quantitative estimate of drug-likeness (QED) is 0.893. The van der Waals surface area contributed by atoms with E-state index in [0.29, 0.717) is 28.9 Å². The largest absolute Gasteiger partial charge is 0.382 e. The highest BCUT2D eigenvalue weighted by molar-refractivity contribution is 7.91. The lowest BCUT2D eigenvalue weighted by Gasteiger charge is -2.34. The molecule has 0 unspecified atom stereocenters. The Balaban J connectivity index is 1.55. The molecule has 1 N–H and O–H groups in total. The van der Waals surface area contributed by atoms with Crippen molar-refractivity contribution in [3.63, 3.8) is 0 Å². The molecule has 1 aliphatic carbocycles. The molecule has 0 atom stereocenters. The Kier molecular flexibility index (Phi) is 4.73. The summed E-state index contributed by atoms with van der Waals surface area (Å²) in [6, 6.07) is 9.13. The lowest BCUT2D eigenvalue weighted by Crippen LogP contribution is -2.32. The molecular formula is C19H29NO2S. The van der Waals surface area contributed by atoms with Crippen molar-refractivity contribution in [3.8, 4) is 0 Å². The minimum Gasteiger partial charge on any atom is -0.382 e. The molecule has 0 radical (unpaired) electrons. The van der Waals surface area contributed by atoms with Gasteiger partial charge in [0.25, 0.3) is 0 Å². The molecule has 3 nitrogen and oxygen atoms in total. The summed E-state index contributed by atoms with van der Waals surface area (Å²) in [7, 11) is -2.78. The van der Waals surface area contributed by atoms with Crippen LogP contribution in [0, 0.1) is 5.41 Å². The zero-order valence-electron chi connectivity index (χ0n) is 14.3. The first-order valence-electron chi connectivity index (χ1n) is 8.90. The maximum atomic E-state index is 11.5. The van der Waals surface area contributed by atoms with Gasteiger partial charge in [-0.1, -0.05) is 26.0 Å². The first-order chi connectivity index (χ1) is 10.8. The topological polar surface area (TPSA) is 46.2 Å². The molecular weight excluding hydrogens is 306 g/mol. The van der Waals surface area contributed by atoms with Crippen molar-refractivity contribution in [3.05, 3.63) is 29.8 Å². The number of benzene rings is 1. The third kappa shape index (κ3) is 4.50. The van der Waals surface area contributed by atoms with E-state index in [9.17, 15) is 8.42 Å². The fourth-order valence-corrected chi connectivity index (χ4v) is 5.35.